The molecule has 3 nitrogen and oxygen atoms in total. The fourth-order valence-electron chi connectivity index (χ4n) is 4.01. The van der Waals surface area contributed by atoms with E-state index in [4.69, 9.17) is 0 Å². The molecule has 0 bridgehead atoms. The van der Waals surface area contributed by atoms with Crippen LogP contribution in [0.15, 0.2) is 0 Å². The molecule has 0 aliphatic carbocycles. The van der Waals surface area contributed by atoms with Gasteiger partial charge in [0.25, 0.3) is 0 Å². The third-order valence-electron chi connectivity index (χ3n) is 5.69. The molecule has 1 atom stereocenters. The molecule has 25 heavy (non-hydrogen) atoms. The third-order valence-corrected chi connectivity index (χ3v) is 5.69. The number of aliphatic hydroxyl groups excluding tert-OH is 1. The molecule has 1 aliphatic heterocycles. The molecule has 0 amide bonds. The standard InChI is InChI=1S/C22H44N2O/c1-3-5-6-7-8-9-10-11-12-13-14-15-16-17-18-19-21-20-23-22(25)24(21)4-2/h21H,3-20H2,1-2H3,(H,23,25)/p+1. The maximum Gasteiger partial charge on any atom is 0.442 e. The van der Waals surface area contributed by atoms with Crippen molar-refractivity contribution in [1.82, 2.24) is 5.32 Å². The Labute approximate surface area is 157 Å². The van der Waals surface area contributed by atoms with Crippen LogP contribution in [0, 0.1) is 0 Å². The summed E-state index contributed by atoms with van der Waals surface area (Å²) >= 11 is 0. The fourth-order valence-corrected chi connectivity index (χ4v) is 4.01. The van der Waals surface area contributed by atoms with Crippen molar-refractivity contribution in [1.29, 1.82) is 0 Å². The predicted molar refractivity (Wildman–Crippen MR) is 110 cm³/mol. The average Bonchev–Trinajstić information content (AvgIpc) is 2.98. The first-order valence-corrected chi connectivity index (χ1v) is 11.4. The van der Waals surface area contributed by atoms with Gasteiger partial charge < -0.3 is 5.11 Å². The molecular formula is C22H45N2O+. The number of unbranched alkanes of at least 4 members (excludes halogenated alkanes) is 14. The van der Waals surface area contributed by atoms with Gasteiger partial charge in [0.05, 0.1) is 6.54 Å². The van der Waals surface area contributed by atoms with Crippen LogP contribution in [0.5, 0.6) is 0 Å². The minimum atomic E-state index is 0.383. The highest BCUT2D eigenvalue weighted by atomic mass is 16.3. The Hall–Kier alpha value is -0.730. The van der Waals surface area contributed by atoms with Crippen LogP contribution in [0.2, 0.25) is 0 Å². The van der Waals surface area contributed by atoms with Crippen molar-refractivity contribution in [2.24, 2.45) is 0 Å². The zero-order chi connectivity index (χ0) is 18.2. The second-order valence-electron chi connectivity index (χ2n) is 7.88. The minimum absolute atomic E-state index is 0.383. The summed E-state index contributed by atoms with van der Waals surface area (Å²) in [5, 5.41) is 12.8. The Bertz CT molecular complexity index is 341. The highest BCUT2D eigenvalue weighted by Gasteiger charge is 2.29. The Kier molecular flexibility index (Phi) is 13.8. The van der Waals surface area contributed by atoms with Crippen molar-refractivity contribution >= 4 is 6.02 Å². The van der Waals surface area contributed by atoms with E-state index in [2.05, 4.69) is 23.7 Å². The molecule has 1 heterocycles. The Morgan fingerprint density at radius 3 is 1.64 bits per heavy atom. The number of amidine groups is 1. The lowest BCUT2D eigenvalue weighted by atomic mass is 10.0. The first kappa shape index (κ1) is 22.3. The lowest BCUT2D eigenvalue weighted by Gasteiger charge is -2.09. The van der Waals surface area contributed by atoms with Gasteiger partial charge in [-0.3, -0.25) is 0 Å². The van der Waals surface area contributed by atoms with E-state index in [0.717, 1.165) is 13.1 Å². The highest BCUT2D eigenvalue weighted by molar-refractivity contribution is 5.66. The smallest absolute Gasteiger partial charge is 0.442 e. The molecule has 0 aromatic heterocycles. The summed E-state index contributed by atoms with van der Waals surface area (Å²) < 4.78 is 2.10. The summed E-state index contributed by atoms with van der Waals surface area (Å²) in [6.07, 6.45) is 22.5. The first-order valence-electron chi connectivity index (χ1n) is 11.4. The quantitative estimate of drug-likeness (QED) is 0.242. The lowest BCUT2D eigenvalue weighted by molar-refractivity contribution is -0.559. The van der Waals surface area contributed by atoms with E-state index in [1.165, 1.54) is 103 Å². The van der Waals surface area contributed by atoms with Crippen molar-refractivity contribution in [2.45, 2.75) is 123 Å². The summed E-state index contributed by atoms with van der Waals surface area (Å²) in [5.74, 6) is 0. The predicted octanol–water partition coefficient (Wildman–Crippen LogP) is 6.17. The molecule has 1 unspecified atom stereocenters. The normalized spacial score (nSPS) is 17.3. The molecule has 148 valence electrons. The van der Waals surface area contributed by atoms with Gasteiger partial charge in [0.15, 0.2) is 0 Å². The van der Waals surface area contributed by atoms with Crippen LogP contribution in [0.1, 0.15) is 117 Å². The monoisotopic (exact) mass is 353 g/mol. The molecule has 0 saturated carbocycles. The number of aliphatic hydroxyl groups is 1. The highest BCUT2D eigenvalue weighted by Crippen LogP contribution is 2.15. The summed E-state index contributed by atoms with van der Waals surface area (Å²) in [5.41, 5.74) is 0. The molecule has 0 aromatic carbocycles. The zero-order valence-electron chi connectivity index (χ0n) is 17.2. The second-order valence-corrected chi connectivity index (χ2v) is 7.88. The largest absolute Gasteiger partial charge is 0.447 e. The van der Waals surface area contributed by atoms with Gasteiger partial charge in [-0.2, -0.15) is 0 Å². The molecule has 0 radical (unpaired) electrons. The van der Waals surface area contributed by atoms with Gasteiger partial charge in [0, 0.05) is 0 Å². The van der Waals surface area contributed by atoms with E-state index in [1.54, 1.807) is 0 Å². The zero-order valence-corrected chi connectivity index (χ0v) is 17.2. The van der Waals surface area contributed by atoms with Gasteiger partial charge in [-0.1, -0.05) is 96.8 Å². The van der Waals surface area contributed by atoms with Crippen LogP contribution in [0.4, 0.5) is 0 Å². The van der Waals surface area contributed by atoms with Gasteiger partial charge in [-0.15, -0.1) is 0 Å². The summed E-state index contributed by atoms with van der Waals surface area (Å²) in [6, 6.07) is 0.889. The van der Waals surface area contributed by atoms with Crippen LogP contribution in [-0.4, -0.2) is 34.8 Å². The van der Waals surface area contributed by atoms with Crippen LogP contribution < -0.4 is 5.32 Å². The van der Waals surface area contributed by atoms with Crippen LogP contribution >= 0.6 is 0 Å². The van der Waals surface area contributed by atoms with Crippen LogP contribution in [0.3, 0.4) is 0 Å². The lowest BCUT2D eigenvalue weighted by Crippen LogP contribution is -2.26. The topological polar surface area (TPSA) is 35.3 Å². The van der Waals surface area contributed by atoms with Crippen molar-refractivity contribution in [3.05, 3.63) is 0 Å². The van der Waals surface area contributed by atoms with Gasteiger partial charge >= 0.3 is 6.02 Å². The number of nitrogens with zero attached hydrogens (tertiary/aromatic N) is 1. The van der Waals surface area contributed by atoms with E-state index in [0.29, 0.717) is 12.1 Å². The Balaban J connectivity index is 1.78. The van der Waals surface area contributed by atoms with E-state index in [9.17, 15) is 5.11 Å². The molecule has 0 spiro atoms. The average molecular weight is 354 g/mol. The molecule has 3 heteroatoms. The summed E-state index contributed by atoms with van der Waals surface area (Å²) in [6.45, 7) is 6.22. The SMILES string of the molecule is CCCCCCCCCCCCCCCCCC1CNC(O)=[N+]1CC. The molecular weight excluding hydrogens is 308 g/mol. The van der Waals surface area contributed by atoms with Gasteiger partial charge in [0.1, 0.15) is 12.6 Å². The van der Waals surface area contributed by atoms with Crippen molar-refractivity contribution < 1.29 is 9.68 Å². The number of rotatable bonds is 17. The van der Waals surface area contributed by atoms with E-state index < -0.39 is 0 Å². The van der Waals surface area contributed by atoms with Crippen LogP contribution in [0.25, 0.3) is 0 Å². The molecule has 1 rings (SSSR count). The fraction of sp³-hybridized carbons (Fsp3) is 0.955. The molecule has 2 N–H and O–H groups in total. The van der Waals surface area contributed by atoms with Gasteiger partial charge in [-0.05, 0) is 19.8 Å². The van der Waals surface area contributed by atoms with E-state index >= 15 is 0 Å². The van der Waals surface area contributed by atoms with Gasteiger partial charge in [0.2, 0.25) is 0 Å². The van der Waals surface area contributed by atoms with Crippen molar-refractivity contribution in [2.75, 3.05) is 13.1 Å². The molecule has 1 aliphatic rings. The maximum absolute atomic E-state index is 9.72. The second kappa shape index (κ2) is 15.5. The maximum atomic E-state index is 9.72. The summed E-state index contributed by atoms with van der Waals surface area (Å²) in [7, 11) is 0. The molecule has 0 saturated heterocycles. The molecule has 0 aromatic rings. The van der Waals surface area contributed by atoms with Gasteiger partial charge in [-0.25, -0.2) is 9.89 Å². The number of likely N-dealkylation sites (N-methyl/N-ethyl adjacent to an activating group) is 1. The Morgan fingerprint density at radius 2 is 1.20 bits per heavy atom. The number of nitrogens with one attached hydrogen (secondary N) is 1. The van der Waals surface area contributed by atoms with Crippen LogP contribution in [-0.2, 0) is 0 Å². The van der Waals surface area contributed by atoms with Crippen molar-refractivity contribution in [3.63, 3.8) is 0 Å². The first-order chi connectivity index (χ1) is 12.3. The van der Waals surface area contributed by atoms with E-state index in [1.807, 2.05) is 0 Å². The minimum Gasteiger partial charge on any atom is -0.447 e. The number of hydrogen-bond acceptors (Lipinski definition) is 1. The number of hydrogen-bond donors (Lipinski definition) is 2. The third kappa shape index (κ3) is 10.8. The van der Waals surface area contributed by atoms with E-state index in [-0.39, 0.29) is 0 Å². The van der Waals surface area contributed by atoms with Crippen molar-refractivity contribution in [3.8, 4) is 0 Å². The summed E-state index contributed by atoms with van der Waals surface area (Å²) in [4.78, 5) is 0. The molecule has 0 fully saturated rings. The Morgan fingerprint density at radius 1 is 0.760 bits per heavy atom.